The Morgan fingerprint density at radius 2 is 1.91 bits per heavy atom. The van der Waals surface area contributed by atoms with Gasteiger partial charge in [-0.3, -0.25) is 14.4 Å². The zero-order valence-electron chi connectivity index (χ0n) is 12.2. The van der Waals surface area contributed by atoms with Crippen LogP contribution in [0.1, 0.15) is 20.3 Å². The standard InChI is InChI=1S/C13H16F3NO4S/c1-6(2)5-17-11(21)7(4-8(18)19)9(12(17)22-3)10(20)13(14,15)16/h6,12H,4-5H2,1-3H3,(H,18,19)/t12-/m1/s1. The maximum absolute atomic E-state index is 12.8. The molecule has 1 aliphatic rings. The summed E-state index contributed by atoms with van der Waals surface area (Å²) in [5.41, 5.74) is -1.33. The van der Waals surface area contributed by atoms with Crippen LogP contribution in [0, 0.1) is 5.92 Å². The molecule has 0 spiro atoms. The molecule has 5 nitrogen and oxygen atoms in total. The number of carboxylic acid groups (broad SMARTS) is 1. The average Bonchev–Trinajstić information content (AvgIpc) is 2.60. The molecule has 1 N–H and O–H groups in total. The fourth-order valence-electron chi connectivity index (χ4n) is 2.24. The summed E-state index contributed by atoms with van der Waals surface area (Å²) in [5.74, 6) is -4.46. The number of rotatable bonds is 6. The highest BCUT2D eigenvalue weighted by Crippen LogP contribution is 2.38. The van der Waals surface area contributed by atoms with E-state index >= 15 is 0 Å². The Labute approximate surface area is 129 Å². The van der Waals surface area contributed by atoms with Crippen LogP contribution < -0.4 is 0 Å². The summed E-state index contributed by atoms with van der Waals surface area (Å²) in [6.45, 7) is 3.68. The minimum absolute atomic E-state index is 0.0370. The van der Waals surface area contributed by atoms with Gasteiger partial charge in [0.2, 0.25) is 0 Å². The lowest BCUT2D eigenvalue weighted by molar-refractivity contribution is -0.166. The first-order valence-electron chi connectivity index (χ1n) is 6.40. The van der Waals surface area contributed by atoms with Crippen molar-refractivity contribution in [3.8, 4) is 0 Å². The number of hydrogen-bond donors (Lipinski definition) is 1. The SMILES string of the molecule is CS[C@@H]1C(C(=O)C(F)(F)F)=C(CC(=O)O)C(=O)N1CC(C)C. The number of alkyl halides is 3. The third kappa shape index (κ3) is 3.82. The Bertz CT molecular complexity index is 528. The molecular formula is C13H16F3NO4S. The molecule has 1 rings (SSSR count). The van der Waals surface area contributed by atoms with Crippen molar-refractivity contribution >= 4 is 29.4 Å². The van der Waals surface area contributed by atoms with Crippen LogP contribution in [0.4, 0.5) is 13.2 Å². The number of hydrogen-bond acceptors (Lipinski definition) is 4. The van der Waals surface area contributed by atoms with Gasteiger partial charge in [0.15, 0.2) is 0 Å². The van der Waals surface area contributed by atoms with E-state index in [1.807, 2.05) is 0 Å². The van der Waals surface area contributed by atoms with Crippen molar-refractivity contribution in [3.05, 3.63) is 11.1 Å². The lowest BCUT2D eigenvalue weighted by atomic mass is 10.0. The van der Waals surface area contributed by atoms with Gasteiger partial charge in [0.05, 0.1) is 6.42 Å². The average molecular weight is 339 g/mol. The molecule has 0 fully saturated rings. The maximum Gasteiger partial charge on any atom is 0.454 e. The van der Waals surface area contributed by atoms with Crippen molar-refractivity contribution in [3.63, 3.8) is 0 Å². The molecule has 1 heterocycles. The summed E-state index contributed by atoms with van der Waals surface area (Å²) in [6, 6.07) is 0. The normalized spacial score (nSPS) is 19.3. The van der Waals surface area contributed by atoms with Crippen molar-refractivity contribution in [1.29, 1.82) is 0 Å². The smallest absolute Gasteiger partial charge is 0.454 e. The van der Waals surface area contributed by atoms with Gasteiger partial charge in [-0.1, -0.05) is 13.8 Å². The number of carbonyl (C=O) groups excluding carboxylic acids is 2. The molecule has 0 aromatic rings. The Morgan fingerprint density at radius 1 is 1.36 bits per heavy atom. The van der Waals surface area contributed by atoms with Gasteiger partial charge in [-0.2, -0.15) is 13.2 Å². The topological polar surface area (TPSA) is 74.7 Å². The molecule has 1 aliphatic heterocycles. The minimum Gasteiger partial charge on any atom is -0.481 e. The van der Waals surface area contributed by atoms with Crippen molar-refractivity contribution in [2.24, 2.45) is 5.92 Å². The summed E-state index contributed by atoms with van der Waals surface area (Å²) in [4.78, 5) is 35.9. The molecular weight excluding hydrogens is 323 g/mol. The Hall–Kier alpha value is -1.51. The first kappa shape index (κ1) is 18.5. The quantitative estimate of drug-likeness (QED) is 0.802. The molecule has 0 saturated carbocycles. The number of carboxylic acids is 1. The van der Waals surface area contributed by atoms with E-state index < -0.39 is 46.8 Å². The van der Waals surface area contributed by atoms with Gasteiger partial charge in [0.25, 0.3) is 11.7 Å². The van der Waals surface area contributed by atoms with Crippen LogP contribution in [0.25, 0.3) is 0 Å². The van der Waals surface area contributed by atoms with E-state index in [2.05, 4.69) is 0 Å². The Morgan fingerprint density at radius 3 is 2.27 bits per heavy atom. The molecule has 0 radical (unpaired) electrons. The van der Waals surface area contributed by atoms with Gasteiger partial charge in [0.1, 0.15) is 5.37 Å². The van der Waals surface area contributed by atoms with Crippen molar-refractivity contribution in [2.75, 3.05) is 12.8 Å². The number of halogens is 3. The highest BCUT2D eigenvalue weighted by atomic mass is 32.2. The van der Waals surface area contributed by atoms with Crippen LogP contribution in [-0.4, -0.2) is 52.0 Å². The zero-order valence-corrected chi connectivity index (χ0v) is 13.0. The summed E-state index contributed by atoms with van der Waals surface area (Å²) in [7, 11) is 0. The molecule has 0 bridgehead atoms. The van der Waals surface area contributed by atoms with E-state index in [1.165, 1.54) is 6.26 Å². The lowest BCUT2D eigenvalue weighted by Gasteiger charge is -2.27. The summed E-state index contributed by atoms with van der Waals surface area (Å²) in [5, 5.41) is 7.70. The summed E-state index contributed by atoms with van der Waals surface area (Å²) >= 11 is 0.903. The molecule has 0 aromatic carbocycles. The van der Waals surface area contributed by atoms with Gasteiger partial charge in [0, 0.05) is 17.7 Å². The number of amides is 1. The largest absolute Gasteiger partial charge is 0.481 e. The van der Waals surface area contributed by atoms with Crippen molar-refractivity contribution in [2.45, 2.75) is 31.8 Å². The highest BCUT2D eigenvalue weighted by molar-refractivity contribution is 7.99. The van der Waals surface area contributed by atoms with E-state index in [0.29, 0.717) is 0 Å². The van der Waals surface area contributed by atoms with Gasteiger partial charge in [-0.05, 0) is 12.2 Å². The van der Waals surface area contributed by atoms with Crippen LogP contribution in [0.3, 0.4) is 0 Å². The van der Waals surface area contributed by atoms with E-state index in [-0.39, 0.29) is 12.5 Å². The molecule has 0 unspecified atom stereocenters. The van der Waals surface area contributed by atoms with E-state index in [0.717, 1.165) is 16.7 Å². The minimum atomic E-state index is -5.15. The second-order valence-corrected chi connectivity index (χ2v) is 6.15. The molecule has 9 heteroatoms. The predicted octanol–water partition coefficient (Wildman–Crippen LogP) is 2.08. The van der Waals surface area contributed by atoms with Gasteiger partial charge in [-0.25, -0.2) is 0 Å². The zero-order chi connectivity index (χ0) is 17.2. The number of aliphatic carboxylic acids is 1. The number of ketones is 1. The van der Waals surface area contributed by atoms with Crippen LogP contribution in [0.15, 0.2) is 11.1 Å². The first-order valence-corrected chi connectivity index (χ1v) is 7.69. The van der Waals surface area contributed by atoms with Crippen LogP contribution in [-0.2, 0) is 14.4 Å². The number of nitrogens with zero attached hydrogens (tertiary/aromatic N) is 1. The van der Waals surface area contributed by atoms with Gasteiger partial charge in [-0.15, -0.1) is 11.8 Å². The van der Waals surface area contributed by atoms with E-state index in [1.54, 1.807) is 13.8 Å². The van der Waals surface area contributed by atoms with Crippen LogP contribution in [0.5, 0.6) is 0 Å². The van der Waals surface area contributed by atoms with Crippen molar-refractivity contribution < 1.29 is 32.7 Å². The number of Topliss-reactive ketones (excluding diaryl/α,β-unsaturated/α-hetero) is 1. The van der Waals surface area contributed by atoms with Crippen LogP contribution >= 0.6 is 11.8 Å². The second-order valence-electron chi connectivity index (χ2n) is 5.23. The maximum atomic E-state index is 12.8. The molecule has 124 valence electrons. The Kier molecular flexibility index (Phi) is 5.66. The summed E-state index contributed by atoms with van der Waals surface area (Å²) in [6.07, 6.45) is -4.58. The summed E-state index contributed by atoms with van der Waals surface area (Å²) < 4.78 is 38.3. The molecule has 0 aliphatic carbocycles. The predicted molar refractivity (Wildman–Crippen MR) is 74.2 cm³/mol. The fraction of sp³-hybridized carbons (Fsp3) is 0.615. The van der Waals surface area contributed by atoms with Crippen LogP contribution in [0.2, 0.25) is 0 Å². The Balaban J connectivity index is 3.37. The van der Waals surface area contributed by atoms with E-state index in [9.17, 15) is 27.6 Å². The molecule has 1 atom stereocenters. The van der Waals surface area contributed by atoms with Crippen molar-refractivity contribution in [1.82, 2.24) is 4.90 Å². The highest BCUT2D eigenvalue weighted by Gasteiger charge is 2.50. The number of thioether (sulfide) groups is 1. The lowest BCUT2D eigenvalue weighted by Crippen LogP contribution is -2.39. The monoisotopic (exact) mass is 339 g/mol. The second kappa shape index (κ2) is 6.72. The van der Waals surface area contributed by atoms with Gasteiger partial charge < -0.3 is 10.0 Å². The van der Waals surface area contributed by atoms with Gasteiger partial charge >= 0.3 is 12.1 Å². The molecule has 0 aromatic heterocycles. The third-order valence-corrected chi connectivity index (χ3v) is 3.93. The number of carbonyl (C=O) groups is 3. The third-order valence-electron chi connectivity index (χ3n) is 2.99. The van der Waals surface area contributed by atoms with E-state index in [4.69, 9.17) is 5.11 Å². The first-order chi connectivity index (χ1) is 10.0. The molecule has 0 saturated heterocycles. The molecule has 1 amide bonds. The molecule has 22 heavy (non-hydrogen) atoms. The fourth-order valence-corrected chi connectivity index (χ4v) is 3.16.